The van der Waals surface area contributed by atoms with Crippen molar-refractivity contribution in [2.75, 3.05) is 13.6 Å². The molecule has 5 nitrogen and oxygen atoms in total. The molecule has 18 heavy (non-hydrogen) atoms. The largest absolute Gasteiger partial charge is 0.338 e. The van der Waals surface area contributed by atoms with Gasteiger partial charge in [-0.05, 0) is 0 Å². The van der Waals surface area contributed by atoms with Gasteiger partial charge in [-0.2, -0.15) is 0 Å². The molecule has 0 aromatic carbocycles. The van der Waals surface area contributed by atoms with Gasteiger partial charge in [0.15, 0.2) is 0 Å². The quantitative estimate of drug-likeness (QED) is 0.852. The molecule has 2 rings (SSSR count). The monoisotopic (exact) mass is 256 g/mol. The third kappa shape index (κ3) is 2.98. The third-order valence-electron chi connectivity index (χ3n) is 2.80. The second-order valence-corrected chi connectivity index (χ2v) is 4.38. The van der Waals surface area contributed by atoms with E-state index < -0.39 is 24.9 Å². The standard InChI is InChI=1S/C11H14F2N4O/c1-17(6-8-5-14-2-3-15-8)10(18)9-4-11(12,13)7-16-9/h2-3,5,9,16H,4,6-7H2,1H3. The van der Waals surface area contributed by atoms with Crippen LogP contribution < -0.4 is 5.32 Å². The van der Waals surface area contributed by atoms with Crippen LogP contribution in [-0.2, 0) is 11.3 Å². The molecule has 1 aliphatic heterocycles. The summed E-state index contributed by atoms with van der Waals surface area (Å²) in [5.74, 6) is -3.15. The fraction of sp³-hybridized carbons (Fsp3) is 0.545. The van der Waals surface area contributed by atoms with Gasteiger partial charge in [0.05, 0.1) is 31.0 Å². The normalized spacial score (nSPS) is 21.8. The Kier molecular flexibility index (Phi) is 3.51. The second kappa shape index (κ2) is 4.93. The third-order valence-corrected chi connectivity index (χ3v) is 2.80. The number of halogens is 2. The minimum absolute atomic E-state index is 0.260. The first-order valence-electron chi connectivity index (χ1n) is 5.59. The molecule has 1 N–H and O–H groups in total. The topological polar surface area (TPSA) is 58.1 Å². The Morgan fingerprint density at radius 3 is 2.94 bits per heavy atom. The number of amides is 1. The number of carbonyl (C=O) groups excluding carboxylic acids is 1. The molecule has 0 bridgehead atoms. The Balaban J connectivity index is 1.94. The van der Waals surface area contributed by atoms with Crippen LogP contribution in [0.2, 0.25) is 0 Å². The molecule has 0 saturated carbocycles. The summed E-state index contributed by atoms with van der Waals surface area (Å²) in [4.78, 5) is 21.2. The van der Waals surface area contributed by atoms with Crippen LogP contribution in [0.25, 0.3) is 0 Å². The van der Waals surface area contributed by atoms with Crippen molar-refractivity contribution in [2.45, 2.75) is 24.9 Å². The van der Waals surface area contributed by atoms with Crippen molar-refractivity contribution in [1.82, 2.24) is 20.2 Å². The summed E-state index contributed by atoms with van der Waals surface area (Å²) < 4.78 is 26.0. The van der Waals surface area contributed by atoms with E-state index in [1.807, 2.05) is 0 Å². The van der Waals surface area contributed by atoms with Crippen LogP contribution in [0.3, 0.4) is 0 Å². The predicted molar refractivity (Wildman–Crippen MR) is 59.9 cm³/mol. The Morgan fingerprint density at radius 2 is 2.39 bits per heavy atom. The van der Waals surface area contributed by atoms with E-state index >= 15 is 0 Å². The van der Waals surface area contributed by atoms with Crippen molar-refractivity contribution < 1.29 is 13.6 Å². The average molecular weight is 256 g/mol. The number of alkyl halides is 2. The molecule has 1 aliphatic rings. The Morgan fingerprint density at radius 1 is 1.61 bits per heavy atom. The zero-order chi connectivity index (χ0) is 13.2. The molecule has 0 aliphatic carbocycles. The molecule has 1 unspecified atom stereocenters. The van der Waals surface area contributed by atoms with Gasteiger partial charge < -0.3 is 4.90 Å². The molecular formula is C11H14F2N4O. The smallest absolute Gasteiger partial charge is 0.262 e. The van der Waals surface area contributed by atoms with Crippen LogP contribution in [0.5, 0.6) is 0 Å². The number of nitrogens with zero attached hydrogens (tertiary/aromatic N) is 3. The molecular weight excluding hydrogens is 242 g/mol. The van der Waals surface area contributed by atoms with Gasteiger partial charge in [-0.25, -0.2) is 8.78 Å². The Labute approximate surface area is 103 Å². The van der Waals surface area contributed by atoms with Crippen LogP contribution in [0.1, 0.15) is 12.1 Å². The van der Waals surface area contributed by atoms with Crippen molar-refractivity contribution in [2.24, 2.45) is 0 Å². The molecule has 0 spiro atoms. The maximum Gasteiger partial charge on any atom is 0.262 e. The van der Waals surface area contributed by atoms with Gasteiger partial charge in [-0.1, -0.05) is 0 Å². The lowest BCUT2D eigenvalue weighted by Crippen LogP contribution is -2.41. The zero-order valence-corrected chi connectivity index (χ0v) is 9.94. The summed E-state index contributed by atoms with van der Waals surface area (Å²) in [5, 5.41) is 2.54. The first kappa shape index (κ1) is 12.8. The minimum Gasteiger partial charge on any atom is -0.338 e. The Hall–Kier alpha value is -1.63. The first-order valence-corrected chi connectivity index (χ1v) is 5.59. The van der Waals surface area contributed by atoms with Gasteiger partial charge in [-0.3, -0.25) is 20.1 Å². The van der Waals surface area contributed by atoms with E-state index in [9.17, 15) is 13.6 Å². The molecule has 1 amide bonds. The lowest BCUT2D eigenvalue weighted by molar-refractivity contribution is -0.133. The summed E-state index contributed by atoms with van der Waals surface area (Å²) in [6.45, 7) is -0.182. The van der Waals surface area contributed by atoms with Crippen LogP contribution in [0.15, 0.2) is 18.6 Å². The molecule has 0 radical (unpaired) electrons. The lowest BCUT2D eigenvalue weighted by atomic mass is 10.1. The zero-order valence-electron chi connectivity index (χ0n) is 9.94. The molecule has 1 aromatic heterocycles. The highest BCUT2D eigenvalue weighted by Crippen LogP contribution is 2.25. The highest BCUT2D eigenvalue weighted by atomic mass is 19.3. The van der Waals surface area contributed by atoms with Gasteiger partial charge in [0.1, 0.15) is 0 Å². The van der Waals surface area contributed by atoms with Crippen molar-refractivity contribution in [3.05, 3.63) is 24.3 Å². The van der Waals surface area contributed by atoms with E-state index in [-0.39, 0.29) is 12.5 Å². The number of hydrogen-bond acceptors (Lipinski definition) is 4. The average Bonchev–Trinajstić information content (AvgIpc) is 2.70. The highest BCUT2D eigenvalue weighted by molar-refractivity contribution is 5.82. The molecule has 1 atom stereocenters. The van der Waals surface area contributed by atoms with Gasteiger partial charge >= 0.3 is 0 Å². The fourth-order valence-corrected chi connectivity index (χ4v) is 1.89. The van der Waals surface area contributed by atoms with Crippen LogP contribution in [0.4, 0.5) is 8.78 Å². The molecule has 1 fully saturated rings. The molecule has 1 saturated heterocycles. The number of rotatable bonds is 3. The van der Waals surface area contributed by atoms with Gasteiger partial charge in [0.25, 0.3) is 5.92 Å². The summed E-state index contributed by atoms with van der Waals surface area (Å²) >= 11 is 0. The maximum atomic E-state index is 13.0. The van der Waals surface area contributed by atoms with Crippen molar-refractivity contribution in [3.8, 4) is 0 Å². The summed E-state index contributed by atoms with van der Waals surface area (Å²) in [6, 6.07) is -0.818. The summed E-state index contributed by atoms with van der Waals surface area (Å²) in [6.07, 6.45) is 4.15. The Bertz CT molecular complexity index is 426. The predicted octanol–water partition coefficient (Wildman–Crippen LogP) is 0.432. The number of carbonyl (C=O) groups is 1. The van der Waals surface area contributed by atoms with Crippen LogP contribution in [0, 0.1) is 0 Å². The molecule has 1 aromatic rings. The number of nitrogens with one attached hydrogen (secondary N) is 1. The van der Waals surface area contributed by atoms with Crippen molar-refractivity contribution >= 4 is 5.91 Å². The molecule has 7 heteroatoms. The maximum absolute atomic E-state index is 13.0. The first-order chi connectivity index (χ1) is 8.48. The van der Waals surface area contributed by atoms with Crippen LogP contribution >= 0.6 is 0 Å². The number of likely N-dealkylation sites (N-methyl/N-ethyl adjacent to an activating group) is 1. The number of aromatic nitrogens is 2. The van der Waals surface area contributed by atoms with Gasteiger partial charge in [-0.15, -0.1) is 0 Å². The summed E-state index contributed by atoms with van der Waals surface area (Å²) in [7, 11) is 1.56. The SMILES string of the molecule is CN(Cc1cnccn1)C(=O)C1CC(F)(F)CN1. The van der Waals surface area contributed by atoms with E-state index in [4.69, 9.17) is 0 Å². The molecule has 2 heterocycles. The minimum atomic E-state index is -2.80. The summed E-state index contributed by atoms with van der Waals surface area (Å²) in [5.41, 5.74) is 0.623. The van der Waals surface area contributed by atoms with E-state index in [1.165, 1.54) is 17.3 Å². The number of hydrogen-bond donors (Lipinski definition) is 1. The van der Waals surface area contributed by atoms with E-state index in [1.54, 1.807) is 13.2 Å². The second-order valence-electron chi connectivity index (χ2n) is 4.38. The lowest BCUT2D eigenvalue weighted by Gasteiger charge is -2.20. The van der Waals surface area contributed by atoms with E-state index in [0.29, 0.717) is 5.69 Å². The van der Waals surface area contributed by atoms with E-state index in [0.717, 1.165) is 0 Å². The van der Waals surface area contributed by atoms with Gasteiger partial charge in [0.2, 0.25) is 5.91 Å². The van der Waals surface area contributed by atoms with Gasteiger partial charge in [0, 0.05) is 25.9 Å². The van der Waals surface area contributed by atoms with Crippen molar-refractivity contribution in [3.63, 3.8) is 0 Å². The van der Waals surface area contributed by atoms with Crippen LogP contribution in [-0.4, -0.2) is 46.3 Å². The highest BCUT2D eigenvalue weighted by Gasteiger charge is 2.43. The van der Waals surface area contributed by atoms with E-state index in [2.05, 4.69) is 15.3 Å². The fourth-order valence-electron chi connectivity index (χ4n) is 1.89. The van der Waals surface area contributed by atoms with Crippen molar-refractivity contribution in [1.29, 1.82) is 0 Å². The molecule has 98 valence electrons.